The van der Waals surface area contributed by atoms with E-state index in [1.54, 1.807) is 7.11 Å². The highest BCUT2D eigenvalue weighted by Crippen LogP contribution is 2.20. The Morgan fingerprint density at radius 1 is 1.18 bits per heavy atom. The molecule has 1 fully saturated rings. The lowest BCUT2D eigenvalue weighted by Crippen LogP contribution is -2.39. The number of rotatable bonds is 9. The maximum Gasteiger partial charge on any atom is 0.328 e. The van der Waals surface area contributed by atoms with Gasteiger partial charge in [-0.25, -0.2) is 9.59 Å². The van der Waals surface area contributed by atoms with Crippen LogP contribution in [0.2, 0.25) is 0 Å². The van der Waals surface area contributed by atoms with Crippen molar-refractivity contribution < 1.29 is 29.3 Å². The Bertz CT molecular complexity index is 977. The zero-order chi connectivity index (χ0) is 25.1. The molecule has 1 aromatic carbocycles. The molecule has 186 valence electrons. The largest absolute Gasteiger partial charge is 0.478 e. The fraction of sp³-hybridized carbons (Fsp3) is 0.500. The van der Waals surface area contributed by atoms with Crippen LogP contribution >= 0.6 is 0 Å². The third-order valence-electron chi connectivity index (χ3n) is 5.57. The molecule has 0 bridgehead atoms. The van der Waals surface area contributed by atoms with E-state index in [2.05, 4.69) is 29.2 Å². The Balaban J connectivity index is 0.000000440. The van der Waals surface area contributed by atoms with Gasteiger partial charge in [-0.2, -0.15) is 5.10 Å². The lowest BCUT2D eigenvalue weighted by atomic mass is 9.96. The molecule has 1 aliphatic heterocycles. The number of carbonyl (C=O) groups excluding carboxylic acids is 1. The first kappa shape index (κ1) is 27.0. The van der Waals surface area contributed by atoms with Gasteiger partial charge in [0.1, 0.15) is 5.52 Å². The molecule has 1 aromatic heterocycles. The molecule has 3 rings (SSSR count). The summed E-state index contributed by atoms with van der Waals surface area (Å²) in [5.74, 6) is -1.99. The lowest BCUT2D eigenvalue weighted by Gasteiger charge is -2.31. The highest BCUT2D eigenvalue weighted by Gasteiger charge is 2.20. The van der Waals surface area contributed by atoms with Crippen LogP contribution in [-0.2, 0) is 14.3 Å². The first-order valence-corrected chi connectivity index (χ1v) is 11.3. The second-order valence-corrected chi connectivity index (χ2v) is 8.44. The Kier molecular flexibility index (Phi) is 10.7. The molecule has 0 saturated carbocycles. The van der Waals surface area contributed by atoms with Gasteiger partial charge in [-0.15, -0.1) is 0 Å². The SMILES string of the molecule is COCCN1CCC(CNC(=O)c2cccc3cn(C(C)C)nc23)CC1.O=C(O)/C=C/C(=O)O. The van der Waals surface area contributed by atoms with Crippen molar-refractivity contribution in [3.8, 4) is 0 Å². The van der Waals surface area contributed by atoms with Gasteiger partial charge in [0.05, 0.1) is 12.2 Å². The third kappa shape index (κ3) is 8.60. The molecule has 34 heavy (non-hydrogen) atoms. The maximum atomic E-state index is 12.7. The Morgan fingerprint density at radius 3 is 2.38 bits per heavy atom. The van der Waals surface area contributed by atoms with Crippen LogP contribution in [0.25, 0.3) is 10.9 Å². The number of piperidine rings is 1. The van der Waals surface area contributed by atoms with Gasteiger partial charge in [-0.1, -0.05) is 12.1 Å². The summed E-state index contributed by atoms with van der Waals surface area (Å²) < 4.78 is 7.06. The fourth-order valence-corrected chi connectivity index (χ4v) is 3.62. The van der Waals surface area contributed by atoms with Crippen LogP contribution in [0.4, 0.5) is 0 Å². The fourth-order valence-electron chi connectivity index (χ4n) is 3.62. The second-order valence-electron chi connectivity index (χ2n) is 8.44. The number of carboxylic acids is 2. The van der Waals surface area contributed by atoms with Crippen molar-refractivity contribution in [2.24, 2.45) is 5.92 Å². The van der Waals surface area contributed by atoms with E-state index in [0.717, 1.165) is 56.5 Å². The molecule has 0 aliphatic carbocycles. The Hall–Kier alpha value is -3.24. The first-order chi connectivity index (χ1) is 16.2. The highest BCUT2D eigenvalue weighted by atomic mass is 16.5. The van der Waals surface area contributed by atoms with E-state index >= 15 is 0 Å². The average Bonchev–Trinajstić information content (AvgIpc) is 3.26. The van der Waals surface area contributed by atoms with Crippen molar-refractivity contribution in [1.82, 2.24) is 20.0 Å². The van der Waals surface area contributed by atoms with E-state index in [1.165, 1.54) is 0 Å². The molecule has 1 saturated heterocycles. The molecule has 2 aromatic rings. The smallest absolute Gasteiger partial charge is 0.328 e. The number of nitrogens with one attached hydrogen (secondary N) is 1. The molecule has 3 N–H and O–H groups in total. The number of hydrogen-bond donors (Lipinski definition) is 3. The van der Waals surface area contributed by atoms with Gasteiger partial charge in [0, 0.05) is 50.0 Å². The predicted molar refractivity (Wildman–Crippen MR) is 128 cm³/mol. The van der Waals surface area contributed by atoms with E-state index in [4.69, 9.17) is 14.9 Å². The molecular weight excluding hydrogens is 440 g/mol. The minimum absolute atomic E-state index is 0.0218. The summed E-state index contributed by atoms with van der Waals surface area (Å²) in [6.45, 7) is 8.86. The van der Waals surface area contributed by atoms with Crippen molar-refractivity contribution in [2.75, 3.05) is 39.9 Å². The van der Waals surface area contributed by atoms with Gasteiger partial charge in [-0.05, 0) is 51.8 Å². The minimum atomic E-state index is -1.26. The van der Waals surface area contributed by atoms with Crippen LogP contribution in [0.15, 0.2) is 36.5 Å². The van der Waals surface area contributed by atoms with Gasteiger partial charge >= 0.3 is 11.9 Å². The van der Waals surface area contributed by atoms with Crippen LogP contribution in [0.1, 0.15) is 43.1 Å². The van der Waals surface area contributed by atoms with E-state index in [9.17, 15) is 14.4 Å². The van der Waals surface area contributed by atoms with Gasteiger partial charge in [0.2, 0.25) is 0 Å². The quantitative estimate of drug-likeness (QED) is 0.472. The molecule has 10 heteroatoms. The predicted octanol–water partition coefficient (Wildman–Crippen LogP) is 2.42. The van der Waals surface area contributed by atoms with Gasteiger partial charge < -0.3 is 25.2 Å². The number of hydrogen-bond acceptors (Lipinski definition) is 6. The Morgan fingerprint density at radius 2 is 1.82 bits per heavy atom. The first-order valence-electron chi connectivity index (χ1n) is 11.3. The molecule has 0 unspecified atom stereocenters. The zero-order valence-electron chi connectivity index (χ0n) is 19.9. The van der Waals surface area contributed by atoms with Crippen LogP contribution in [0.3, 0.4) is 0 Å². The number of carboxylic acid groups (broad SMARTS) is 2. The van der Waals surface area contributed by atoms with Crippen molar-refractivity contribution in [1.29, 1.82) is 0 Å². The molecule has 1 aliphatic rings. The minimum Gasteiger partial charge on any atom is -0.478 e. The van der Waals surface area contributed by atoms with Gasteiger partial charge in [-0.3, -0.25) is 9.48 Å². The summed E-state index contributed by atoms with van der Waals surface area (Å²) in [6, 6.07) is 6.08. The van der Waals surface area contributed by atoms with Crippen LogP contribution in [0.5, 0.6) is 0 Å². The molecule has 0 atom stereocenters. The third-order valence-corrected chi connectivity index (χ3v) is 5.57. The molecule has 0 radical (unpaired) electrons. The number of aliphatic carboxylic acids is 2. The molecular formula is C24H34N4O6. The average molecular weight is 475 g/mol. The van der Waals surface area contributed by atoms with E-state index in [1.807, 2.05) is 29.1 Å². The van der Waals surface area contributed by atoms with Gasteiger partial charge in [0.15, 0.2) is 0 Å². The number of benzene rings is 1. The zero-order valence-corrected chi connectivity index (χ0v) is 19.9. The number of nitrogens with zero attached hydrogens (tertiary/aromatic N) is 3. The summed E-state index contributed by atoms with van der Waals surface area (Å²) in [5.41, 5.74) is 1.45. The number of carbonyl (C=O) groups is 3. The molecule has 2 heterocycles. The number of methoxy groups -OCH3 is 1. The van der Waals surface area contributed by atoms with E-state index < -0.39 is 11.9 Å². The standard InChI is InChI=1S/C20H30N4O2.C4H4O4/c1-15(2)24-14-17-5-4-6-18(19(17)22-24)20(25)21-13-16-7-9-23(10-8-16)11-12-26-3;5-3(6)1-2-4(7)8/h4-6,14-16H,7-13H2,1-3H3,(H,21,25);1-2H,(H,5,6)(H,7,8)/b;2-1+. The number of ether oxygens (including phenoxy) is 1. The summed E-state index contributed by atoms with van der Waals surface area (Å²) in [5, 5.41) is 24.4. The van der Waals surface area contributed by atoms with Crippen LogP contribution < -0.4 is 5.32 Å². The van der Waals surface area contributed by atoms with Crippen molar-refractivity contribution >= 4 is 28.7 Å². The van der Waals surface area contributed by atoms with Crippen molar-refractivity contribution in [3.05, 3.63) is 42.1 Å². The monoisotopic (exact) mass is 474 g/mol. The lowest BCUT2D eigenvalue weighted by molar-refractivity contribution is -0.134. The number of fused-ring (bicyclic) bond motifs is 1. The number of likely N-dealkylation sites (tertiary alicyclic amines) is 1. The van der Waals surface area contributed by atoms with Crippen LogP contribution in [-0.4, -0.2) is 82.6 Å². The van der Waals surface area contributed by atoms with Crippen molar-refractivity contribution in [2.45, 2.75) is 32.7 Å². The molecule has 0 spiro atoms. The summed E-state index contributed by atoms with van der Waals surface area (Å²) in [4.78, 5) is 34.2. The summed E-state index contributed by atoms with van der Waals surface area (Å²) in [7, 11) is 1.74. The highest BCUT2D eigenvalue weighted by molar-refractivity contribution is 6.05. The van der Waals surface area contributed by atoms with E-state index in [-0.39, 0.29) is 11.9 Å². The van der Waals surface area contributed by atoms with Crippen molar-refractivity contribution in [3.63, 3.8) is 0 Å². The molecule has 10 nitrogen and oxygen atoms in total. The molecule has 1 amide bonds. The Labute approximate surface area is 199 Å². The number of aromatic nitrogens is 2. The number of amides is 1. The second kappa shape index (κ2) is 13.5. The summed E-state index contributed by atoms with van der Waals surface area (Å²) in [6.07, 6.45) is 5.36. The maximum absolute atomic E-state index is 12.7. The summed E-state index contributed by atoms with van der Waals surface area (Å²) >= 11 is 0. The van der Waals surface area contributed by atoms with Gasteiger partial charge in [0.25, 0.3) is 5.91 Å². The normalized spacial score (nSPS) is 14.8. The van der Waals surface area contributed by atoms with E-state index in [0.29, 0.717) is 23.6 Å². The van der Waals surface area contributed by atoms with Crippen LogP contribution in [0, 0.1) is 5.92 Å². The topological polar surface area (TPSA) is 134 Å².